The second kappa shape index (κ2) is 6.86. The molecule has 0 saturated heterocycles. The molecule has 25 heavy (non-hydrogen) atoms. The van der Waals surface area contributed by atoms with Crippen LogP contribution in [0.15, 0.2) is 48.5 Å². The fourth-order valence-corrected chi connectivity index (χ4v) is 2.55. The zero-order valence-corrected chi connectivity index (χ0v) is 14.4. The number of nitrogens with one attached hydrogen (secondary N) is 1. The molecule has 0 bridgehead atoms. The Balaban J connectivity index is 2.11. The van der Waals surface area contributed by atoms with Crippen LogP contribution in [0.2, 0.25) is 5.02 Å². The van der Waals surface area contributed by atoms with Crippen molar-refractivity contribution in [3.63, 3.8) is 0 Å². The lowest BCUT2D eigenvalue weighted by molar-refractivity contribution is 0.100. The highest BCUT2D eigenvalue weighted by atomic mass is 35.5. The largest absolute Gasteiger partial charge is 0.338 e. The van der Waals surface area contributed by atoms with Gasteiger partial charge in [0.2, 0.25) is 0 Å². The lowest BCUT2D eigenvalue weighted by Crippen LogP contribution is -2.08. The SMILES string of the molecule is CC(=O)c1ccccc1Nc1c(C(C)=O)nnn1-c1ccc(Cl)cc1. The topological polar surface area (TPSA) is 76.9 Å². The molecule has 1 heterocycles. The molecule has 0 saturated carbocycles. The van der Waals surface area contributed by atoms with Crippen molar-refractivity contribution in [2.24, 2.45) is 0 Å². The van der Waals surface area contributed by atoms with E-state index in [1.54, 1.807) is 48.5 Å². The molecule has 0 spiro atoms. The number of carbonyl (C=O) groups is 2. The fraction of sp³-hybridized carbons (Fsp3) is 0.111. The highest BCUT2D eigenvalue weighted by molar-refractivity contribution is 6.30. The number of benzene rings is 2. The Bertz CT molecular complexity index is 948. The van der Waals surface area contributed by atoms with Crippen molar-refractivity contribution in [3.05, 3.63) is 64.8 Å². The number of rotatable bonds is 5. The van der Waals surface area contributed by atoms with Crippen LogP contribution in [0, 0.1) is 0 Å². The van der Waals surface area contributed by atoms with Gasteiger partial charge in [-0.05, 0) is 43.3 Å². The Kier molecular flexibility index (Phi) is 4.63. The molecule has 0 radical (unpaired) electrons. The third-order valence-corrected chi connectivity index (χ3v) is 3.89. The predicted molar refractivity (Wildman–Crippen MR) is 96.1 cm³/mol. The van der Waals surface area contributed by atoms with Crippen LogP contribution in [0.25, 0.3) is 5.69 Å². The Hall–Kier alpha value is -2.99. The van der Waals surface area contributed by atoms with E-state index in [1.165, 1.54) is 18.5 Å². The molecule has 0 atom stereocenters. The number of carbonyl (C=O) groups excluding carboxylic acids is 2. The van der Waals surface area contributed by atoms with Gasteiger partial charge in [-0.3, -0.25) is 9.59 Å². The number of anilines is 2. The molecular formula is C18H15ClN4O2. The monoisotopic (exact) mass is 354 g/mol. The summed E-state index contributed by atoms with van der Waals surface area (Å²) in [6.07, 6.45) is 0. The second-order valence-corrected chi connectivity index (χ2v) is 5.89. The fourth-order valence-electron chi connectivity index (χ4n) is 2.42. The number of Topliss-reactive ketones (excluding diaryl/α,β-unsaturated/α-hetero) is 2. The van der Waals surface area contributed by atoms with Crippen LogP contribution in [0.1, 0.15) is 34.7 Å². The minimum absolute atomic E-state index is 0.0852. The molecule has 126 valence electrons. The van der Waals surface area contributed by atoms with Crippen molar-refractivity contribution in [3.8, 4) is 5.69 Å². The van der Waals surface area contributed by atoms with E-state index in [1.807, 2.05) is 0 Å². The van der Waals surface area contributed by atoms with Crippen molar-refractivity contribution in [2.75, 3.05) is 5.32 Å². The van der Waals surface area contributed by atoms with E-state index < -0.39 is 0 Å². The van der Waals surface area contributed by atoms with E-state index in [0.29, 0.717) is 27.8 Å². The van der Waals surface area contributed by atoms with E-state index in [2.05, 4.69) is 15.6 Å². The van der Waals surface area contributed by atoms with Gasteiger partial charge in [0.25, 0.3) is 0 Å². The van der Waals surface area contributed by atoms with Gasteiger partial charge in [0, 0.05) is 17.5 Å². The summed E-state index contributed by atoms with van der Waals surface area (Å²) in [6, 6.07) is 14.0. The van der Waals surface area contributed by atoms with Crippen LogP contribution in [0.5, 0.6) is 0 Å². The maximum absolute atomic E-state index is 11.9. The summed E-state index contributed by atoms with van der Waals surface area (Å²) in [6.45, 7) is 2.90. The summed E-state index contributed by atoms with van der Waals surface area (Å²) in [5.74, 6) is 0.0736. The molecule has 0 amide bonds. The summed E-state index contributed by atoms with van der Waals surface area (Å²) in [5, 5.41) is 11.8. The first kappa shape index (κ1) is 16.9. The first-order chi connectivity index (χ1) is 12.0. The smallest absolute Gasteiger partial charge is 0.183 e. The van der Waals surface area contributed by atoms with Gasteiger partial charge in [0.15, 0.2) is 23.1 Å². The molecule has 1 aromatic heterocycles. The van der Waals surface area contributed by atoms with Gasteiger partial charge >= 0.3 is 0 Å². The normalized spacial score (nSPS) is 10.5. The Morgan fingerprint density at radius 2 is 1.68 bits per heavy atom. The van der Waals surface area contributed by atoms with Crippen LogP contribution in [-0.2, 0) is 0 Å². The zero-order chi connectivity index (χ0) is 18.0. The molecule has 6 nitrogen and oxygen atoms in total. The maximum Gasteiger partial charge on any atom is 0.183 e. The third-order valence-electron chi connectivity index (χ3n) is 3.63. The van der Waals surface area contributed by atoms with Crippen molar-refractivity contribution >= 4 is 34.7 Å². The average Bonchev–Trinajstić information content (AvgIpc) is 2.99. The molecule has 3 aromatic rings. The number of hydrogen-bond acceptors (Lipinski definition) is 5. The average molecular weight is 355 g/mol. The van der Waals surface area contributed by atoms with E-state index in [-0.39, 0.29) is 17.3 Å². The summed E-state index contributed by atoms with van der Waals surface area (Å²) in [4.78, 5) is 23.8. The van der Waals surface area contributed by atoms with Crippen LogP contribution in [-0.4, -0.2) is 26.6 Å². The standard InChI is InChI=1S/C18H15ClN4O2/c1-11(24)15-5-3-4-6-16(15)20-18-17(12(2)25)21-22-23(18)14-9-7-13(19)8-10-14/h3-10,20H,1-2H3. The number of aromatic nitrogens is 3. The number of hydrogen-bond donors (Lipinski definition) is 1. The molecule has 0 fully saturated rings. The van der Waals surface area contributed by atoms with E-state index in [9.17, 15) is 9.59 Å². The predicted octanol–water partition coefficient (Wildman–Crippen LogP) is 4.07. The van der Waals surface area contributed by atoms with Gasteiger partial charge in [-0.15, -0.1) is 5.10 Å². The lowest BCUT2D eigenvalue weighted by Gasteiger charge is -2.12. The summed E-state index contributed by atoms with van der Waals surface area (Å²) in [5.41, 5.74) is 1.97. The van der Waals surface area contributed by atoms with Crippen LogP contribution >= 0.6 is 11.6 Å². The van der Waals surface area contributed by atoms with E-state index in [0.717, 1.165) is 0 Å². The lowest BCUT2D eigenvalue weighted by atomic mass is 10.1. The Labute approximate surface area is 149 Å². The maximum atomic E-state index is 11.9. The number of ketones is 2. The first-order valence-corrected chi connectivity index (χ1v) is 7.94. The molecule has 3 rings (SSSR count). The molecule has 0 aliphatic heterocycles. The summed E-state index contributed by atoms with van der Waals surface area (Å²) in [7, 11) is 0. The minimum Gasteiger partial charge on any atom is -0.338 e. The zero-order valence-electron chi connectivity index (χ0n) is 13.7. The van der Waals surface area contributed by atoms with Gasteiger partial charge in [-0.1, -0.05) is 28.9 Å². The van der Waals surface area contributed by atoms with Gasteiger partial charge in [-0.2, -0.15) is 4.68 Å². The van der Waals surface area contributed by atoms with Crippen molar-refractivity contribution < 1.29 is 9.59 Å². The molecule has 7 heteroatoms. The number of para-hydroxylation sites is 1. The van der Waals surface area contributed by atoms with E-state index >= 15 is 0 Å². The van der Waals surface area contributed by atoms with Gasteiger partial charge < -0.3 is 5.32 Å². The molecule has 2 aromatic carbocycles. The molecule has 1 N–H and O–H groups in total. The van der Waals surface area contributed by atoms with Crippen LogP contribution in [0.4, 0.5) is 11.5 Å². The van der Waals surface area contributed by atoms with Gasteiger partial charge in [0.1, 0.15) is 0 Å². The molecular weight excluding hydrogens is 340 g/mol. The van der Waals surface area contributed by atoms with Crippen LogP contribution in [0.3, 0.4) is 0 Å². The minimum atomic E-state index is -0.233. The third kappa shape index (κ3) is 3.44. The van der Waals surface area contributed by atoms with Crippen LogP contribution < -0.4 is 5.32 Å². The number of halogens is 1. The van der Waals surface area contributed by atoms with Crippen molar-refractivity contribution in [2.45, 2.75) is 13.8 Å². The van der Waals surface area contributed by atoms with Crippen molar-refractivity contribution in [1.29, 1.82) is 0 Å². The Morgan fingerprint density at radius 3 is 2.32 bits per heavy atom. The second-order valence-electron chi connectivity index (χ2n) is 5.46. The highest BCUT2D eigenvalue weighted by Crippen LogP contribution is 2.26. The highest BCUT2D eigenvalue weighted by Gasteiger charge is 2.19. The molecule has 0 aliphatic carbocycles. The van der Waals surface area contributed by atoms with Gasteiger partial charge in [-0.25, -0.2) is 0 Å². The van der Waals surface area contributed by atoms with Crippen molar-refractivity contribution in [1.82, 2.24) is 15.0 Å². The van der Waals surface area contributed by atoms with E-state index in [4.69, 9.17) is 11.6 Å². The molecule has 0 unspecified atom stereocenters. The number of nitrogens with zero attached hydrogens (tertiary/aromatic N) is 3. The summed E-state index contributed by atoms with van der Waals surface area (Å²) < 4.78 is 1.50. The van der Waals surface area contributed by atoms with Gasteiger partial charge in [0.05, 0.1) is 11.4 Å². The summed E-state index contributed by atoms with van der Waals surface area (Å²) >= 11 is 5.93. The molecule has 0 aliphatic rings. The quantitative estimate of drug-likeness (QED) is 0.699. The first-order valence-electron chi connectivity index (χ1n) is 7.57. The Morgan fingerprint density at radius 1 is 1.00 bits per heavy atom.